The SMILES string of the molecule is NCCCC[C@H](NC(=O)[C@H](CC(N)=O)NC(=O)[C@@H](N)CCC(N)=O)C(=O)N[C@H](C=O)CC(N)=O. The first kappa shape index (κ1) is 30.4. The van der Waals surface area contributed by atoms with Crippen LogP contribution < -0.4 is 44.6 Å². The monoisotopic (exact) mass is 486 g/mol. The van der Waals surface area contributed by atoms with E-state index in [1.54, 1.807) is 0 Å². The zero-order valence-electron chi connectivity index (χ0n) is 18.8. The van der Waals surface area contributed by atoms with Crippen LogP contribution in [0.25, 0.3) is 0 Å². The van der Waals surface area contributed by atoms with Crippen LogP contribution in [-0.2, 0) is 33.6 Å². The molecule has 0 saturated carbocycles. The van der Waals surface area contributed by atoms with Crippen LogP contribution in [0.1, 0.15) is 44.9 Å². The number of hydrogen-bond donors (Lipinski definition) is 8. The lowest BCUT2D eigenvalue weighted by Gasteiger charge is -2.24. The fraction of sp³-hybridized carbons (Fsp3) is 0.632. The largest absolute Gasteiger partial charge is 0.370 e. The maximum atomic E-state index is 12.8. The molecule has 0 aromatic carbocycles. The number of nitrogens with two attached hydrogens (primary N) is 5. The minimum Gasteiger partial charge on any atom is -0.370 e. The molecule has 6 amide bonds. The van der Waals surface area contributed by atoms with Gasteiger partial charge in [0, 0.05) is 6.42 Å². The summed E-state index contributed by atoms with van der Waals surface area (Å²) in [6.45, 7) is 0.324. The van der Waals surface area contributed by atoms with Crippen LogP contribution in [0.2, 0.25) is 0 Å². The quantitative estimate of drug-likeness (QED) is 0.0679. The summed E-state index contributed by atoms with van der Waals surface area (Å²) < 4.78 is 0. The number of carbonyl (C=O) groups is 7. The number of primary amides is 3. The molecule has 0 fully saturated rings. The molecule has 0 saturated heterocycles. The van der Waals surface area contributed by atoms with Gasteiger partial charge in [-0.2, -0.15) is 0 Å². The van der Waals surface area contributed by atoms with Crippen LogP contribution in [0.15, 0.2) is 0 Å². The molecule has 192 valence electrons. The molecule has 0 aromatic rings. The molecule has 0 aliphatic carbocycles. The number of rotatable bonds is 18. The number of hydrogen-bond acceptors (Lipinski definition) is 9. The number of nitrogens with one attached hydrogen (secondary N) is 3. The third-order valence-electron chi connectivity index (χ3n) is 4.57. The van der Waals surface area contributed by atoms with E-state index in [9.17, 15) is 33.6 Å². The molecule has 0 aliphatic rings. The van der Waals surface area contributed by atoms with Crippen molar-refractivity contribution in [1.82, 2.24) is 16.0 Å². The molecule has 0 unspecified atom stereocenters. The topological polar surface area (TPSA) is 286 Å². The number of amides is 6. The highest BCUT2D eigenvalue weighted by Crippen LogP contribution is 2.05. The van der Waals surface area contributed by atoms with Crippen molar-refractivity contribution in [3.05, 3.63) is 0 Å². The van der Waals surface area contributed by atoms with E-state index in [4.69, 9.17) is 28.7 Å². The molecule has 0 aromatic heterocycles. The van der Waals surface area contributed by atoms with Gasteiger partial charge in [-0.25, -0.2) is 0 Å². The fourth-order valence-corrected chi connectivity index (χ4v) is 2.79. The van der Waals surface area contributed by atoms with E-state index in [1.807, 2.05) is 0 Å². The summed E-state index contributed by atoms with van der Waals surface area (Å²) in [7, 11) is 0. The van der Waals surface area contributed by atoms with E-state index in [-0.39, 0.29) is 19.3 Å². The maximum Gasteiger partial charge on any atom is 0.243 e. The zero-order chi connectivity index (χ0) is 26.3. The Labute approximate surface area is 196 Å². The molecule has 0 spiro atoms. The van der Waals surface area contributed by atoms with E-state index in [0.717, 1.165) is 0 Å². The molecule has 0 rings (SSSR count). The van der Waals surface area contributed by atoms with Crippen LogP contribution in [0, 0.1) is 0 Å². The van der Waals surface area contributed by atoms with Crippen molar-refractivity contribution in [2.45, 2.75) is 69.1 Å². The van der Waals surface area contributed by atoms with Crippen LogP contribution >= 0.6 is 0 Å². The second-order valence-corrected chi connectivity index (χ2v) is 7.61. The molecule has 0 heterocycles. The average molecular weight is 487 g/mol. The van der Waals surface area contributed by atoms with Gasteiger partial charge in [0.05, 0.1) is 24.9 Å². The highest BCUT2D eigenvalue weighted by atomic mass is 16.2. The molecule has 13 N–H and O–H groups in total. The molecule has 15 heteroatoms. The summed E-state index contributed by atoms with van der Waals surface area (Å²) in [4.78, 5) is 82.2. The van der Waals surface area contributed by atoms with E-state index < -0.39 is 72.5 Å². The van der Waals surface area contributed by atoms with Crippen molar-refractivity contribution in [2.24, 2.45) is 28.7 Å². The Morgan fingerprint density at radius 1 is 0.706 bits per heavy atom. The summed E-state index contributed by atoms with van der Waals surface area (Å²) in [5.74, 6) is -4.96. The average Bonchev–Trinajstić information content (AvgIpc) is 2.74. The van der Waals surface area contributed by atoms with Crippen LogP contribution in [0.3, 0.4) is 0 Å². The highest BCUT2D eigenvalue weighted by Gasteiger charge is 2.30. The van der Waals surface area contributed by atoms with Gasteiger partial charge in [-0.05, 0) is 32.2 Å². The Morgan fingerprint density at radius 2 is 1.26 bits per heavy atom. The first-order valence-corrected chi connectivity index (χ1v) is 10.6. The van der Waals surface area contributed by atoms with Crippen LogP contribution in [0.4, 0.5) is 0 Å². The second-order valence-electron chi connectivity index (χ2n) is 7.61. The predicted octanol–water partition coefficient (Wildman–Crippen LogP) is -4.89. The van der Waals surface area contributed by atoms with Gasteiger partial charge in [0.15, 0.2) is 0 Å². The molecular weight excluding hydrogens is 452 g/mol. The third-order valence-corrected chi connectivity index (χ3v) is 4.57. The number of unbranched alkanes of at least 4 members (excludes halogenated alkanes) is 1. The lowest BCUT2D eigenvalue weighted by Crippen LogP contribution is -2.57. The summed E-state index contributed by atoms with van der Waals surface area (Å²) in [6.07, 6.45) is 0.0575. The molecule has 0 radical (unpaired) electrons. The van der Waals surface area contributed by atoms with E-state index >= 15 is 0 Å². The van der Waals surface area contributed by atoms with E-state index in [0.29, 0.717) is 25.7 Å². The van der Waals surface area contributed by atoms with Gasteiger partial charge in [0.25, 0.3) is 0 Å². The van der Waals surface area contributed by atoms with Gasteiger partial charge < -0.3 is 49.4 Å². The third kappa shape index (κ3) is 13.1. The van der Waals surface area contributed by atoms with Crippen molar-refractivity contribution < 1.29 is 33.6 Å². The van der Waals surface area contributed by atoms with Crippen molar-refractivity contribution >= 4 is 41.7 Å². The lowest BCUT2D eigenvalue weighted by atomic mass is 10.1. The minimum absolute atomic E-state index is 0.0941. The molecule has 0 bridgehead atoms. The highest BCUT2D eigenvalue weighted by molar-refractivity contribution is 5.96. The Kier molecular flexibility index (Phi) is 14.4. The fourth-order valence-electron chi connectivity index (χ4n) is 2.79. The summed E-state index contributed by atoms with van der Waals surface area (Å²) >= 11 is 0. The standard InChI is InChI=1S/C19H34N8O7/c20-6-2-1-3-12(18(33)25-10(9-28)7-15(23)30)26-19(34)13(8-16(24)31)27-17(32)11(21)4-5-14(22)29/h9-13H,1-8,20-21H2,(H2,22,29)(H2,23,30)(H2,24,31)(H,25,33)(H,26,34)(H,27,32)/t10-,11-,12-,13-/m0/s1. The predicted molar refractivity (Wildman–Crippen MR) is 119 cm³/mol. The van der Waals surface area contributed by atoms with Crippen molar-refractivity contribution in [3.63, 3.8) is 0 Å². The first-order valence-electron chi connectivity index (χ1n) is 10.6. The maximum absolute atomic E-state index is 12.8. The van der Waals surface area contributed by atoms with Crippen molar-refractivity contribution in [1.29, 1.82) is 0 Å². The minimum atomic E-state index is -1.47. The van der Waals surface area contributed by atoms with E-state index in [2.05, 4.69) is 16.0 Å². The van der Waals surface area contributed by atoms with Gasteiger partial charge >= 0.3 is 0 Å². The summed E-state index contributed by atoms with van der Waals surface area (Å²) in [5, 5.41) is 6.96. The number of carbonyl (C=O) groups excluding carboxylic acids is 7. The molecule has 0 aliphatic heterocycles. The molecule has 34 heavy (non-hydrogen) atoms. The Balaban J connectivity index is 5.43. The summed E-state index contributed by atoms with van der Waals surface area (Å²) in [5.41, 5.74) is 26.3. The van der Waals surface area contributed by atoms with Crippen molar-refractivity contribution in [3.8, 4) is 0 Å². The van der Waals surface area contributed by atoms with Crippen LogP contribution in [0.5, 0.6) is 0 Å². The zero-order valence-corrected chi connectivity index (χ0v) is 18.8. The van der Waals surface area contributed by atoms with Crippen molar-refractivity contribution in [2.75, 3.05) is 6.54 Å². The van der Waals surface area contributed by atoms with Gasteiger partial charge in [0.2, 0.25) is 35.4 Å². The number of aldehydes is 1. The lowest BCUT2D eigenvalue weighted by molar-refractivity contribution is -0.134. The molecule has 15 nitrogen and oxygen atoms in total. The first-order chi connectivity index (χ1) is 15.9. The van der Waals surface area contributed by atoms with Gasteiger partial charge in [-0.1, -0.05) is 0 Å². The summed E-state index contributed by atoms with van der Waals surface area (Å²) in [6, 6.07) is -5.06. The van der Waals surface area contributed by atoms with E-state index in [1.165, 1.54) is 0 Å². The van der Waals surface area contributed by atoms with Crippen LogP contribution in [-0.4, -0.2) is 72.4 Å². The Hall–Kier alpha value is -3.59. The molecule has 4 atom stereocenters. The smallest absolute Gasteiger partial charge is 0.243 e. The Bertz CT molecular complexity index is 761. The second kappa shape index (κ2) is 16.1. The van der Waals surface area contributed by atoms with Gasteiger partial charge in [-0.15, -0.1) is 0 Å². The van der Waals surface area contributed by atoms with Gasteiger partial charge in [-0.3, -0.25) is 28.8 Å². The van der Waals surface area contributed by atoms with Gasteiger partial charge in [0.1, 0.15) is 18.4 Å². The molecular formula is C19H34N8O7. The normalized spacial score (nSPS) is 14.1. The Morgan fingerprint density at radius 3 is 1.76 bits per heavy atom.